The van der Waals surface area contributed by atoms with E-state index in [0.717, 1.165) is 35.2 Å². The smallest absolute Gasteiger partial charge is 0.336 e. The van der Waals surface area contributed by atoms with Crippen LogP contribution in [0.15, 0.2) is 63.8 Å². The third-order valence-electron chi connectivity index (χ3n) is 4.37. The fourth-order valence-electron chi connectivity index (χ4n) is 2.93. The summed E-state index contributed by atoms with van der Waals surface area (Å²) in [5.41, 5.74) is 1.91. The van der Waals surface area contributed by atoms with Gasteiger partial charge in [-0.3, -0.25) is 0 Å². The molecule has 0 saturated heterocycles. The van der Waals surface area contributed by atoms with Crippen LogP contribution in [0, 0.1) is 0 Å². The van der Waals surface area contributed by atoms with Crippen LogP contribution in [0.2, 0.25) is 0 Å². The van der Waals surface area contributed by atoms with Gasteiger partial charge in [0, 0.05) is 35.0 Å². The van der Waals surface area contributed by atoms with Gasteiger partial charge in [0.05, 0.1) is 0 Å². The van der Waals surface area contributed by atoms with Gasteiger partial charge in [-0.05, 0) is 36.1 Å². The van der Waals surface area contributed by atoms with Gasteiger partial charge in [-0.15, -0.1) is 0 Å². The Balaban J connectivity index is 1.53. The zero-order valence-electron chi connectivity index (χ0n) is 13.7. The summed E-state index contributed by atoms with van der Waals surface area (Å²) in [4.78, 5) is 16.4. The van der Waals surface area contributed by atoms with Crippen LogP contribution in [-0.4, -0.2) is 9.36 Å². The molecule has 1 saturated carbocycles. The molecule has 26 heavy (non-hydrogen) atoms. The first-order valence-corrected chi connectivity index (χ1v) is 9.18. The maximum absolute atomic E-state index is 12.0. The van der Waals surface area contributed by atoms with E-state index in [0.29, 0.717) is 22.4 Å². The van der Waals surface area contributed by atoms with Crippen molar-refractivity contribution in [1.29, 1.82) is 0 Å². The number of fused-ring (bicyclic) bond motifs is 1. The lowest BCUT2D eigenvalue weighted by molar-refractivity contribution is 0.475. The van der Waals surface area contributed by atoms with Gasteiger partial charge in [0.25, 0.3) is 5.19 Å². The van der Waals surface area contributed by atoms with E-state index < -0.39 is 0 Å². The lowest BCUT2D eigenvalue weighted by atomic mass is 10.0. The Bertz CT molecular complexity index is 1150. The standard InChI is InChI=1S/C20H14N2O3S/c23-18-11-16(12-4-2-1-3-5-12)15-9-8-14(10-17(15)25-18)24-20-21-19(22-26-20)13-6-7-13/h1-5,8-11,13H,6-7H2. The molecule has 128 valence electrons. The minimum absolute atomic E-state index is 0.388. The first kappa shape index (κ1) is 15.3. The summed E-state index contributed by atoms with van der Waals surface area (Å²) in [7, 11) is 0. The van der Waals surface area contributed by atoms with Crippen molar-refractivity contribution in [2.24, 2.45) is 0 Å². The SMILES string of the molecule is O=c1cc(-c2ccccc2)c2ccc(Oc3nc(C4CC4)ns3)cc2o1. The Morgan fingerprint density at radius 3 is 2.73 bits per heavy atom. The Morgan fingerprint density at radius 2 is 1.92 bits per heavy atom. The minimum Gasteiger partial charge on any atom is -0.430 e. The Kier molecular flexibility index (Phi) is 3.57. The van der Waals surface area contributed by atoms with Crippen molar-refractivity contribution < 1.29 is 9.15 Å². The highest BCUT2D eigenvalue weighted by Gasteiger charge is 2.28. The van der Waals surface area contributed by atoms with Gasteiger partial charge in [-0.25, -0.2) is 4.79 Å². The van der Waals surface area contributed by atoms with Gasteiger partial charge >= 0.3 is 5.63 Å². The van der Waals surface area contributed by atoms with Crippen molar-refractivity contribution in [2.75, 3.05) is 0 Å². The molecule has 5 rings (SSSR count). The fraction of sp³-hybridized carbons (Fsp3) is 0.150. The molecule has 2 heterocycles. The van der Waals surface area contributed by atoms with Gasteiger partial charge in [0.2, 0.25) is 0 Å². The summed E-state index contributed by atoms with van der Waals surface area (Å²) >= 11 is 1.25. The van der Waals surface area contributed by atoms with Crippen LogP contribution in [0.25, 0.3) is 22.1 Å². The van der Waals surface area contributed by atoms with Gasteiger partial charge in [-0.1, -0.05) is 30.3 Å². The monoisotopic (exact) mass is 362 g/mol. The maximum Gasteiger partial charge on any atom is 0.336 e. The largest absolute Gasteiger partial charge is 0.430 e. The summed E-state index contributed by atoms with van der Waals surface area (Å²) < 4.78 is 15.5. The quantitative estimate of drug-likeness (QED) is 0.479. The summed E-state index contributed by atoms with van der Waals surface area (Å²) in [5, 5.41) is 1.37. The van der Waals surface area contributed by atoms with Crippen molar-refractivity contribution in [1.82, 2.24) is 9.36 Å². The lowest BCUT2D eigenvalue weighted by Crippen LogP contribution is -1.98. The third-order valence-corrected chi connectivity index (χ3v) is 4.98. The molecule has 0 unspecified atom stereocenters. The Labute approximate surface area is 153 Å². The second-order valence-electron chi connectivity index (χ2n) is 6.30. The molecule has 2 aromatic heterocycles. The lowest BCUT2D eigenvalue weighted by Gasteiger charge is -2.07. The molecule has 1 aliphatic rings. The first-order valence-electron chi connectivity index (χ1n) is 8.41. The summed E-state index contributed by atoms with van der Waals surface area (Å²) in [5.74, 6) is 1.93. The molecule has 4 aromatic rings. The number of hydrogen-bond acceptors (Lipinski definition) is 6. The van der Waals surface area contributed by atoms with Gasteiger partial charge in [0.1, 0.15) is 17.2 Å². The van der Waals surface area contributed by atoms with E-state index in [2.05, 4.69) is 9.36 Å². The zero-order valence-corrected chi connectivity index (χ0v) is 14.5. The second kappa shape index (κ2) is 6.07. The molecular weight excluding hydrogens is 348 g/mol. The molecule has 0 aliphatic heterocycles. The van der Waals surface area contributed by atoms with E-state index in [1.54, 1.807) is 6.07 Å². The van der Waals surface area contributed by atoms with Gasteiger partial charge in [-0.2, -0.15) is 9.36 Å². The molecule has 1 fully saturated rings. The van der Waals surface area contributed by atoms with Crippen molar-refractivity contribution >= 4 is 22.5 Å². The zero-order chi connectivity index (χ0) is 17.5. The highest BCUT2D eigenvalue weighted by Crippen LogP contribution is 2.40. The van der Waals surface area contributed by atoms with Gasteiger partial charge in [0.15, 0.2) is 0 Å². The van der Waals surface area contributed by atoms with Crippen LogP contribution in [0.5, 0.6) is 10.9 Å². The van der Waals surface area contributed by atoms with Crippen LogP contribution in [0.3, 0.4) is 0 Å². The third kappa shape index (κ3) is 2.88. The first-order chi connectivity index (χ1) is 12.8. The molecule has 0 bridgehead atoms. The van der Waals surface area contributed by atoms with Crippen molar-refractivity contribution in [3.63, 3.8) is 0 Å². The van der Waals surface area contributed by atoms with Crippen molar-refractivity contribution in [3.8, 4) is 22.1 Å². The average Bonchev–Trinajstić information content (AvgIpc) is 3.41. The molecule has 5 nitrogen and oxygen atoms in total. The summed E-state index contributed by atoms with van der Waals surface area (Å²) in [6, 6.07) is 16.8. The number of benzene rings is 2. The van der Waals surface area contributed by atoms with Crippen LogP contribution < -0.4 is 10.4 Å². The molecule has 0 radical (unpaired) electrons. The molecule has 2 aromatic carbocycles. The van der Waals surface area contributed by atoms with Crippen LogP contribution >= 0.6 is 11.5 Å². The molecular formula is C20H14N2O3S. The van der Waals surface area contributed by atoms with E-state index in [4.69, 9.17) is 9.15 Å². The predicted octanol–water partition coefficient (Wildman–Crippen LogP) is 4.98. The van der Waals surface area contributed by atoms with Gasteiger partial charge < -0.3 is 9.15 Å². The maximum atomic E-state index is 12.0. The number of aromatic nitrogens is 2. The summed E-state index contributed by atoms with van der Waals surface area (Å²) in [6.07, 6.45) is 2.30. The Hall–Kier alpha value is -2.99. The molecule has 0 N–H and O–H groups in total. The highest BCUT2D eigenvalue weighted by atomic mass is 32.1. The molecule has 0 spiro atoms. The van der Waals surface area contributed by atoms with Crippen LogP contribution in [0.4, 0.5) is 0 Å². The van der Waals surface area contributed by atoms with Crippen molar-refractivity contribution in [2.45, 2.75) is 18.8 Å². The minimum atomic E-state index is -0.388. The topological polar surface area (TPSA) is 65.2 Å². The molecule has 0 amide bonds. The number of hydrogen-bond donors (Lipinski definition) is 0. The second-order valence-corrected chi connectivity index (χ2v) is 7.01. The predicted molar refractivity (Wildman–Crippen MR) is 99.9 cm³/mol. The van der Waals surface area contributed by atoms with Crippen LogP contribution in [0.1, 0.15) is 24.6 Å². The number of rotatable bonds is 4. The van der Waals surface area contributed by atoms with E-state index in [-0.39, 0.29) is 5.63 Å². The number of ether oxygens (including phenoxy) is 1. The fourth-order valence-corrected chi connectivity index (χ4v) is 3.56. The molecule has 0 atom stereocenters. The van der Waals surface area contributed by atoms with Crippen molar-refractivity contribution in [3.05, 3.63) is 70.8 Å². The highest BCUT2D eigenvalue weighted by molar-refractivity contribution is 7.07. The summed E-state index contributed by atoms with van der Waals surface area (Å²) in [6.45, 7) is 0. The Morgan fingerprint density at radius 1 is 1.08 bits per heavy atom. The number of nitrogens with zero attached hydrogens (tertiary/aromatic N) is 2. The molecule has 6 heteroatoms. The molecule has 1 aliphatic carbocycles. The van der Waals surface area contributed by atoms with E-state index in [1.165, 1.54) is 17.6 Å². The van der Waals surface area contributed by atoms with E-state index in [9.17, 15) is 4.79 Å². The van der Waals surface area contributed by atoms with E-state index in [1.807, 2.05) is 42.5 Å². The average molecular weight is 362 g/mol. The van der Waals surface area contributed by atoms with E-state index >= 15 is 0 Å². The van der Waals surface area contributed by atoms with Crippen LogP contribution in [-0.2, 0) is 0 Å². The normalized spacial score (nSPS) is 13.8.